The number of rotatable bonds is 2. The van der Waals surface area contributed by atoms with Crippen LogP contribution in [0.3, 0.4) is 0 Å². The van der Waals surface area contributed by atoms with Crippen molar-refractivity contribution in [3.8, 4) is 0 Å². The van der Waals surface area contributed by atoms with E-state index in [1.54, 1.807) is 0 Å². The number of aromatic nitrogens is 2. The molecule has 3 rings (SSSR count). The van der Waals surface area contributed by atoms with Gasteiger partial charge in [0.25, 0.3) is 0 Å². The van der Waals surface area contributed by atoms with E-state index in [1.807, 2.05) is 36.3 Å². The number of thioether (sulfide) groups is 1. The highest BCUT2D eigenvalue weighted by Gasteiger charge is 2.19. The molecule has 2 aromatic heterocycles. The average molecular weight is 246 g/mol. The van der Waals surface area contributed by atoms with Crippen LogP contribution >= 0.6 is 11.8 Å². The Bertz CT molecular complexity index is 543. The predicted molar refractivity (Wildman–Crippen MR) is 69.9 cm³/mol. The van der Waals surface area contributed by atoms with Crippen LogP contribution in [-0.2, 0) is 0 Å². The van der Waals surface area contributed by atoms with Crippen LogP contribution in [0.1, 0.15) is 34.9 Å². The Morgan fingerprint density at radius 1 is 1.35 bits per heavy atom. The number of carbonyl (C=O) groups excluding carboxylic acids is 1. The standard InChI is InChI=1S/C13H14N2OS/c16-9-10-1-2-12-7-14-13(15(12)8-10)11-3-5-17-6-4-11/h1-2,7-9,11H,3-6H2. The maximum absolute atomic E-state index is 10.8. The number of carbonyl (C=O) groups is 1. The Hall–Kier alpha value is -1.29. The Morgan fingerprint density at radius 2 is 2.18 bits per heavy atom. The lowest BCUT2D eigenvalue weighted by Crippen LogP contribution is -2.11. The molecule has 0 atom stereocenters. The molecule has 1 aliphatic heterocycles. The SMILES string of the molecule is O=Cc1ccc2cnc(C3CCSCC3)n2c1. The minimum absolute atomic E-state index is 0.542. The van der Waals surface area contributed by atoms with Crippen LogP contribution < -0.4 is 0 Å². The fourth-order valence-corrected chi connectivity index (χ4v) is 3.46. The fraction of sp³-hybridized carbons (Fsp3) is 0.385. The van der Waals surface area contributed by atoms with E-state index in [0.29, 0.717) is 11.5 Å². The summed E-state index contributed by atoms with van der Waals surface area (Å²) in [6.45, 7) is 0. The third-order valence-corrected chi connectivity index (χ3v) is 4.35. The summed E-state index contributed by atoms with van der Waals surface area (Å²) in [7, 11) is 0. The van der Waals surface area contributed by atoms with Crippen molar-refractivity contribution in [2.24, 2.45) is 0 Å². The zero-order valence-electron chi connectivity index (χ0n) is 9.50. The van der Waals surface area contributed by atoms with Crippen LogP contribution in [-0.4, -0.2) is 27.2 Å². The summed E-state index contributed by atoms with van der Waals surface area (Å²) in [5.41, 5.74) is 1.78. The number of nitrogens with zero attached hydrogens (tertiary/aromatic N) is 2. The lowest BCUT2D eigenvalue weighted by molar-refractivity contribution is 0.112. The summed E-state index contributed by atoms with van der Waals surface area (Å²) in [5, 5.41) is 0. The van der Waals surface area contributed by atoms with Gasteiger partial charge in [-0.05, 0) is 36.5 Å². The van der Waals surface area contributed by atoms with Crippen molar-refractivity contribution < 1.29 is 4.79 Å². The van der Waals surface area contributed by atoms with Crippen LogP contribution in [0.4, 0.5) is 0 Å². The monoisotopic (exact) mass is 246 g/mol. The number of pyridine rings is 1. The van der Waals surface area contributed by atoms with Gasteiger partial charge in [-0.15, -0.1) is 0 Å². The molecule has 0 amide bonds. The predicted octanol–water partition coefficient (Wildman–Crippen LogP) is 2.76. The molecule has 88 valence electrons. The van der Waals surface area contributed by atoms with Crippen LogP contribution in [0.5, 0.6) is 0 Å². The van der Waals surface area contributed by atoms with Crippen LogP contribution in [0.2, 0.25) is 0 Å². The average Bonchev–Trinajstić information content (AvgIpc) is 2.82. The molecule has 1 fully saturated rings. The van der Waals surface area contributed by atoms with Gasteiger partial charge in [0, 0.05) is 17.7 Å². The molecule has 4 heteroatoms. The molecule has 0 spiro atoms. The first-order valence-electron chi connectivity index (χ1n) is 5.88. The van der Waals surface area contributed by atoms with Crippen molar-refractivity contribution in [2.75, 3.05) is 11.5 Å². The number of hydrogen-bond acceptors (Lipinski definition) is 3. The molecule has 0 bridgehead atoms. The molecule has 17 heavy (non-hydrogen) atoms. The highest BCUT2D eigenvalue weighted by atomic mass is 32.2. The summed E-state index contributed by atoms with van der Waals surface area (Å²) in [6, 6.07) is 3.79. The second kappa shape index (κ2) is 4.53. The zero-order chi connectivity index (χ0) is 11.7. The summed E-state index contributed by atoms with van der Waals surface area (Å²) < 4.78 is 2.07. The Balaban J connectivity index is 2.05. The van der Waals surface area contributed by atoms with E-state index in [-0.39, 0.29) is 0 Å². The van der Waals surface area contributed by atoms with Crippen molar-refractivity contribution in [2.45, 2.75) is 18.8 Å². The molecule has 3 nitrogen and oxygen atoms in total. The summed E-state index contributed by atoms with van der Waals surface area (Å²) in [6.07, 6.45) is 7.06. The highest BCUT2D eigenvalue weighted by Crippen LogP contribution is 2.31. The van der Waals surface area contributed by atoms with E-state index in [0.717, 1.165) is 17.6 Å². The minimum atomic E-state index is 0.542. The number of aldehydes is 1. The third-order valence-electron chi connectivity index (χ3n) is 3.30. The third kappa shape index (κ3) is 1.97. The van der Waals surface area contributed by atoms with Crippen molar-refractivity contribution in [1.82, 2.24) is 9.38 Å². The topological polar surface area (TPSA) is 34.4 Å². The number of imidazole rings is 1. The second-order valence-corrected chi connectivity index (χ2v) is 5.60. The van der Waals surface area contributed by atoms with Gasteiger partial charge >= 0.3 is 0 Å². The number of hydrogen-bond donors (Lipinski definition) is 0. The lowest BCUT2D eigenvalue weighted by Gasteiger charge is -2.20. The van der Waals surface area contributed by atoms with E-state index in [9.17, 15) is 4.79 Å². The van der Waals surface area contributed by atoms with Gasteiger partial charge in [0.15, 0.2) is 6.29 Å². The molecular weight excluding hydrogens is 232 g/mol. The normalized spacial score (nSPS) is 17.4. The highest BCUT2D eigenvalue weighted by molar-refractivity contribution is 7.99. The van der Waals surface area contributed by atoms with Gasteiger partial charge in [0.05, 0.1) is 11.7 Å². The van der Waals surface area contributed by atoms with Crippen molar-refractivity contribution in [3.05, 3.63) is 35.9 Å². The molecule has 1 aliphatic rings. The molecule has 0 radical (unpaired) electrons. The van der Waals surface area contributed by atoms with E-state index in [1.165, 1.54) is 24.3 Å². The van der Waals surface area contributed by atoms with Gasteiger partial charge in [-0.3, -0.25) is 4.79 Å². The molecule has 3 heterocycles. The van der Waals surface area contributed by atoms with Crippen LogP contribution in [0, 0.1) is 0 Å². The van der Waals surface area contributed by atoms with Gasteiger partial charge in [-0.25, -0.2) is 4.98 Å². The molecule has 0 unspecified atom stereocenters. The summed E-state index contributed by atoms with van der Waals surface area (Å²) in [5.74, 6) is 4.09. The number of fused-ring (bicyclic) bond motifs is 1. The zero-order valence-corrected chi connectivity index (χ0v) is 10.3. The van der Waals surface area contributed by atoms with Gasteiger partial charge in [-0.2, -0.15) is 11.8 Å². The van der Waals surface area contributed by atoms with E-state index in [4.69, 9.17) is 0 Å². The molecule has 1 saturated heterocycles. The first kappa shape index (κ1) is 10.8. The Morgan fingerprint density at radius 3 is 2.94 bits per heavy atom. The lowest BCUT2D eigenvalue weighted by atomic mass is 10.0. The van der Waals surface area contributed by atoms with Gasteiger partial charge in [-0.1, -0.05) is 0 Å². The van der Waals surface area contributed by atoms with E-state index in [2.05, 4.69) is 9.38 Å². The quantitative estimate of drug-likeness (QED) is 0.764. The molecular formula is C13H14N2OS. The first-order chi connectivity index (χ1) is 8.38. The van der Waals surface area contributed by atoms with Crippen LogP contribution in [0.25, 0.3) is 5.52 Å². The fourth-order valence-electron chi connectivity index (χ4n) is 2.35. The molecule has 0 aromatic carbocycles. The van der Waals surface area contributed by atoms with E-state index >= 15 is 0 Å². The smallest absolute Gasteiger partial charge is 0.151 e. The minimum Gasteiger partial charge on any atom is -0.303 e. The maximum atomic E-state index is 10.8. The largest absolute Gasteiger partial charge is 0.303 e. The molecule has 0 N–H and O–H groups in total. The maximum Gasteiger partial charge on any atom is 0.151 e. The molecule has 0 saturated carbocycles. The Kier molecular flexibility index (Phi) is 2.89. The van der Waals surface area contributed by atoms with Crippen molar-refractivity contribution in [1.29, 1.82) is 0 Å². The molecule has 2 aromatic rings. The van der Waals surface area contributed by atoms with Gasteiger partial charge in [0.1, 0.15) is 5.82 Å². The summed E-state index contributed by atoms with van der Waals surface area (Å²) >= 11 is 2.02. The van der Waals surface area contributed by atoms with Crippen LogP contribution in [0.15, 0.2) is 24.5 Å². The van der Waals surface area contributed by atoms with Crippen molar-refractivity contribution in [3.63, 3.8) is 0 Å². The summed E-state index contributed by atoms with van der Waals surface area (Å²) in [4.78, 5) is 15.4. The Labute approximate surface area is 104 Å². The van der Waals surface area contributed by atoms with Gasteiger partial charge < -0.3 is 4.40 Å². The molecule has 0 aliphatic carbocycles. The second-order valence-electron chi connectivity index (χ2n) is 4.38. The van der Waals surface area contributed by atoms with Gasteiger partial charge in [0.2, 0.25) is 0 Å². The van der Waals surface area contributed by atoms with E-state index < -0.39 is 0 Å². The van der Waals surface area contributed by atoms with Crippen molar-refractivity contribution >= 4 is 23.6 Å². The first-order valence-corrected chi connectivity index (χ1v) is 7.04.